The Bertz CT molecular complexity index is 325. The molecule has 2 bridgehead atoms. The summed E-state index contributed by atoms with van der Waals surface area (Å²) in [4.78, 5) is 0. The van der Waals surface area contributed by atoms with Crippen LogP contribution in [0.1, 0.15) is 31.1 Å². The second-order valence-corrected chi connectivity index (χ2v) is 4.43. The van der Waals surface area contributed by atoms with Gasteiger partial charge in [-0.1, -0.05) is 0 Å². The molecule has 1 aromatic rings. The number of ether oxygens (including phenoxy) is 1. The molecule has 3 N–H and O–H groups in total. The second kappa shape index (κ2) is 3.63. The van der Waals surface area contributed by atoms with E-state index in [-0.39, 0.29) is 6.04 Å². The summed E-state index contributed by atoms with van der Waals surface area (Å²) in [5.74, 6) is 6.98. The molecule has 2 aliphatic heterocycles. The van der Waals surface area contributed by atoms with Crippen molar-refractivity contribution in [1.82, 2.24) is 5.43 Å². The van der Waals surface area contributed by atoms with E-state index in [0.717, 1.165) is 18.6 Å². The molecule has 4 unspecified atom stereocenters. The number of fused-ring (bicyclic) bond motifs is 2. The van der Waals surface area contributed by atoms with Gasteiger partial charge in [0.2, 0.25) is 0 Å². The van der Waals surface area contributed by atoms with Crippen LogP contribution in [0.25, 0.3) is 0 Å². The van der Waals surface area contributed by atoms with Crippen molar-refractivity contribution < 1.29 is 9.15 Å². The fraction of sp³-hybridized carbons (Fsp3) is 0.636. The van der Waals surface area contributed by atoms with E-state index in [4.69, 9.17) is 15.0 Å². The Hall–Kier alpha value is -0.840. The van der Waals surface area contributed by atoms with Crippen molar-refractivity contribution in [2.45, 2.75) is 37.5 Å². The van der Waals surface area contributed by atoms with Gasteiger partial charge in [-0.2, -0.15) is 0 Å². The van der Waals surface area contributed by atoms with Crippen LogP contribution in [0.3, 0.4) is 0 Å². The summed E-state index contributed by atoms with van der Waals surface area (Å²) in [7, 11) is 0. The van der Waals surface area contributed by atoms with Crippen LogP contribution in [-0.2, 0) is 4.74 Å². The molecule has 0 amide bonds. The van der Waals surface area contributed by atoms with E-state index in [1.54, 1.807) is 6.26 Å². The molecule has 0 saturated carbocycles. The lowest BCUT2D eigenvalue weighted by Gasteiger charge is -2.26. The van der Waals surface area contributed by atoms with Gasteiger partial charge in [0.1, 0.15) is 5.76 Å². The van der Waals surface area contributed by atoms with Gasteiger partial charge in [-0.05, 0) is 31.4 Å². The molecule has 82 valence electrons. The number of hydrazine groups is 1. The first-order valence-electron chi connectivity index (χ1n) is 5.53. The van der Waals surface area contributed by atoms with Crippen LogP contribution in [0.2, 0.25) is 0 Å². The first-order chi connectivity index (χ1) is 7.38. The third kappa shape index (κ3) is 1.49. The van der Waals surface area contributed by atoms with Crippen molar-refractivity contribution in [3.8, 4) is 0 Å². The van der Waals surface area contributed by atoms with Gasteiger partial charge < -0.3 is 9.15 Å². The Morgan fingerprint density at radius 3 is 2.93 bits per heavy atom. The first kappa shape index (κ1) is 9.39. The second-order valence-electron chi connectivity index (χ2n) is 4.43. The standard InChI is InChI=1S/C11H16N2O2/c12-13-11(10-2-1-5-14-10)8-6-7-3-4-9(8)15-7/h1-2,5,7-9,11,13H,3-4,6,12H2. The molecule has 2 aliphatic rings. The fourth-order valence-electron chi connectivity index (χ4n) is 2.91. The zero-order valence-corrected chi connectivity index (χ0v) is 8.56. The molecule has 0 spiro atoms. The van der Waals surface area contributed by atoms with E-state index in [2.05, 4.69) is 5.43 Å². The lowest BCUT2D eigenvalue weighted by molar-refractivity contribution is 0.0837. The molecule has 1 aromatic heterocycles. The molecule has 3 heterocycles. The number of nitrogens with one attached hydrogen (secondary N) is 1. The SMILES string of the molecule is NNC(c1ccco1)C1CC2CCC1O2. The third-order valence-corrected chi connectivity index (χ3v) is 3.61. The largest absolute Gasteiger partial charge is 0.468 e. The average molecular weight is 208 g/mol. The van der Waals surface area contributed by atoms with Crippen molar-refractivity contribution >= 4 is 0 Å². The molecule has 15 heavy (non-hydrogen) atoms. The molecular weight excluding hydrogens is 192 g/mol. The quantitative estimate of drug-likeness (QED) is 0.581. The minimum absolute atomic E-state index is 0.0929. The molecule has 4 heteroatoms. The minimum Gasteiger partial charge on any atom is -0.468 e. The highest BCUT2D eigenvalue weighted by Crippen LogP contribution is 2.44. The van der Waals surface area contributed by atoms with E-state index in [1.165, 1.54) is 6.42 Å². The Balaban J connectivity index is 1.80. The number of furan rings is 1. The van der Waals surface area contributed by atoms with E-state index < -0.39 is 0 Å². The van der Waals surface area contributed by atoms with E-state index in [1.807, 2.05) is 12.1 Å². The molecule has 0 radical (unpaired) electrons. The highest BCUT2D eigenvalue weighted by atomic mass is 16.5. The van der Waals surface area contributed by atoms with Crippen molar-refractivity contribution in [1.29, 1.82) is 0 Å². The zero-order chi connectivity index (χ0) is 10.3. The van der Waals surface area contributed by atoms with Crippen LogP contribution in [-0.4, -0.2) is 12.2 Å². The maximum Gasteiger partial charge on any atom is 0.122 e. The monoisotopic (exact) mass is 208 g/mol. The molecule has 2 fully saturated rings. The van der Waals surface area contributed by atoms with Gasteiger partial charge in [0.15, 0.2) is 0 Å². The summed E-state index contributed by atoms with van der Waals surface area (Å²) in [6, 6.07) is 3.96. The lowest BCUT2D eigenvalue weighted by atomic mass is 9.83. The predicted octanol–water partition coefficient (Wildman–Crippen LogP) is 1.35. The van der Waals surface area contributed by atoms with Gasteiger partial charge in [-0.15, -0.1) is 0 Å². The summed E-state index contributed by atoms with van der Waals surface area (Å²) < 4.78 is 11.2. The molecule has 0 aliphatic carbocycles. The Kier molecular flexibility index (Phi) is 2.27. The van der Waals surface area contributed by atoms with Crippen LogP contribution in [0.15, 0.2) is 22.8 Å². The molecule has 4 nitrogen and oxygen atoms in total. The lowest BCUT2D eigenvalue weighted by Crippen LogP contribution is -2.37. The van der Waals surface area contributed by atoms with Gasteiger partial charge in [-0.3, -0.25) is 5.84 Å². The van der Waals surface area contributed by atoms with E-state index >= 15 is 0 Å². The summed E-state index contributed by atoms with van der Waals surface area (Å²) in [6.07, 6.45) is 5.96. The number of nitrogens with two attached hydrogens (primary N) is 1. The van der Waals surface area contributed by atoms with Crippen LogP contribution >= 0.6 is 0 Å². The summed E-state index contributed by atoms with van der Waals surface area (Å²) in [5, 5.41) is 0. The highest BCUT2D eigenvalue weighted by molar-refractivity contribution is 5.09. The van der Waals surface area contributed by atoms with E-state index in [0.29, 0.717) is 18.1 Å². The van der Waals surface area contributed by atoms with Gasteiger partial charge in [0.05, 0.1) is 24.5 Å². The topological polar surface area (TPSA) is 60.4 Å². The Morgan fingerprint density at radius 1 is 1.47 bits per heavy atom. The summed E-state index contributed by atoms with van der Waals surface area (Å²) in [6.45, 7) is 0. The number of hydrogen-bond donors (Lipinski definition) is 2. The van der Waals surface area contributed by atoms with Crippen LogP contribution < -0.4 is 11.3 Å². The third-order valence-electron chi connectivity index (χ3n) is 3.61. The van der Waals surface area contributed by atoms with Crippen LogP contribution in [0.5, 0.6) is 0 Å². The Labute approximate surface area is 88.7 Å². The highest BCUT2D eigenvalue weighted by Gasteiger charge is 2.45. The van der Waals surface area contributed by atoms with Crippen LogP contribution in [0, 0.1) is 5.92 Å². The summed E-state index contributed by atoms with van der Waals surface area (Å²) >= 11 is 0. The smallest absolute Gasteiger partial charge is 0.122 e. The molecule has 2 saturated heterocycles. The summed E-state index contributed by atoms with van der Waals surface area (Å²) in [5.41, 5.74) is 2.86. The van der Waals surface area contributed by atoms with Crippen molar-refractivity contribution in [3.05, 3.63) is 24.2 Å². The normalized spacial score (nSPS) is 35.9. The number of rotatable bonds is 3. The van der Waals surface area contributed by atoms with Gasteiger partial charge in [0, 0.05) is 5.92 Å². The van der Waals surface area contributed by atoms with Crippen molar-refractivity contribution in [2.75, 3.05) is 0 Å². The van der Waals surface area contributed by atoms with Crippen molar-refractivity contribution in [2.24, 2.45) is 11.8 Å². The minimum atomic E-state index is 0.0929. The zero-order valence-electron chi connectivity index (χ0n) is 8.56. The molecular formula is C11H16N2O2. The van der Waals surface area contributed by atoms with Gasteiger partial charge in [-0.25, -0.2) is 5.43 Å². The maximum atomic E-state index is 5.83. The Morgan fingerprint density at radius 2 is 2.40 bits per heavy atom. The average Bonchev–Trinajstić information content (AvgIpc) is 2.94. The van der Waals surface area contributed by atoms with Crippen LogP contribution in [0.4, 0.5) is 0 Å². The molecule has 3 rings (SSSR count). The maximum absolute atomic E-state index is 5.83. The van der Waals surface area contributed by atoms with E-state index in [9.17, 15) is 0 Å². The first-order valence-corrected chi connectivity index (χ1v) is 5.53. The van der Waals surface area contributed by atoms with Gasteiger partial charge >= 0.3 is 0 Å². The predicted molar refractivity (Wildman–Crippen MR) is 54.8 cm³/mol. The molecule has 0 aromatic carbocycles. The molecule has 4 atom stereocenters. The van der Waals surface area contributed by atoms with Gasteiger partial charge in [0.25, 0.3) is 0 Å². The van der Waals surface area contributed by atoms with Crippen molar-refractivity contribution in [3.63, 3.8) is 0 Å². The number of hydrogen-bond acceptors (Lipinski definition) is 4. The fourth-order valence-corrected chi connectivity index (χ4v) is 2.91.